The number of hydrogen-bond acceptors (Lipinski definition) is 5. The van der Waals surface area contributed by atoms with Crippen molar-refractivity contribution in [2.24, 2.45) is 0 Å². The first-order valence-electron chi connectivity index (χ1n) is 9.60. The summed E-state index contributed by atoms with van der Waals surface area (Å²) >= 11 is 0. The standard InChI is InChI=1S/C19H27N5O2/c1-13(2)24-18-16(12-21-24)15(11-17(22-18)14-3-4-14)19(25)20-5-6-23-7-9-26-10-8-23/h11-14H,3-10H2,1-2H3,(H,20,25). The molecule has 2 fully saturated rings. The zero-order valence-corrected chi connectivity index (χ0v) is 15.6. The minimum atomic E-state index is -0.0316. The lowest BCUT2D eigenvalue weighted by Crippen LogP contribution is -2.41. The van der Waals surface area contributed by atoms with E-state index in [9.17, 15) is 4.79 Å². The number of ether oxygens (including phenoxy) is 1. The van der Waals surface area contributed by atoms with Gasteiger partial charge in [-0.25, -0.2) is 9.67 Å². The minimum Gasteiger partial charge on any atom is -0.379 e. The first-order chi connectivity index (χ1) is 12.6. The Labute approximate surface area is 153 Å². The molecule has 1 saturated carbocycles. The van der Waals surface area contributed by atoms with Gasteiger partial charge in [0.25, 0.3) is 5.91 Å². The summed E-state index contributed by atoms with van der Waals surface area (Å²) < 4.78 is 7.27. The summed E-state index contributed by atoms with van der Waals surface area (Å²) in [5.41, 5.74) is 2.55. The molecule has 0 radical (unpaired) electrons. The van der Waals surface area contributed by atoms with Crippen molar-refractivity contribution in [2.75, 3.05) is 39.4 Å². The highest BCUT2D eigenvalue weighted by molar-refractivity contribution is 6.05. The third-order valence-electron chi connectivity index (χ3n) is 5.13. The van der Waals surface area contributed by atoms with Crippen LogP contribution in [0.25, 0.3) is 11.0 Å². The van der Waals surface area contributed by atoms with Gasteiger partial charge in [0, 0.05) is 43.8 Å². The number of hydrogen-bond donors (Lipinski definition) is 1. The van der Waals surface area contributed by atoms with Crippen molar-refractivity contribution in [3.63, 3.8) is 0 Å². The molecule has 7 nitrogen and oxygen atoms in total. The second-order valence-corrected chi connectivity index (χ2v) is 7.50. The van der Waals surface area contributed by atoms with E-state index in [1.165, 1.54) is 0 Å². The van der Waals surface area contributed by atoms with Crippen molar-refractivity contribution in [3.05, 3.63) is 23.5 Å². The SMILES string of the molecule is CC(C)n1ncc2c(C(=O)NCCN3CCOCC3)cc(C3CC3)nc21. The highest BCUT2D eigenvalue weighted by atomic mass is 16.5. The van der Waals surface area contributed by atoms with Gasteiger partial charge >= 0.3 is 0 Å². The number of rotatable bonds is 6. The van der Waals surface area contributed by atoms with Gasteiger partial charge in [0.2, 0.25) is 0 Å². The molecule has 3 heterocycles. The number of carbonyl (C=O) groups is 1. The molecule has 0 bridgehead atoms. The molecule has 2 aromatic heterocycles. The van der Waals surface area contributed by atoms with Gasteiger partial charge < -0.3 is 10.1 Å². The van der Waals surface area contributed by atoms with E-state index in [-0.39, 0.29) is 11.9 Å². The van der Waals surface area contributed by atoms with Crippen LogP contribution in [0.4, 0.5) is 0 Å². The van der Waals surface area contributed by atoms with E-state index >= 15 is 0 Å². The maximum absolute atomic E-state index is 12.9. The molecule has 4 rings (SSSR count). The van der Waals surface area contributed by atoms with E-state index in [0.29, 0.717) is 18.0 Å². The van der Waals surface area contributed by atoms with Crippen molar-refractivity contribution >= 4 is 16.9 Å². The van der Waals surface area contributed by atoms with Gasteiger partial charge in [-0.15, -0.1) is 0 Å². The Kier molecular flexibility index (Phi) is 4.91. The number of fused-ring (bicyclic) bond motifs is 1. The number of aromatic nitrogens is 3. The number of morpholine rings is 1. The molecule has 140 valence electrons. The first kappa shape index (κ1) is 17.4. The van der Waals surface area contributed by atoms with Crippen molar-refractivity contribution in [1.82, 2.24) is 25.0 Å². The van der Waals surface area contributed by atoms with E-state index < -0.39 is 0 Å². The summed E-state index contributed by atoms with van der Waals surface area (Å²) in [4.78, 5) is 20.0. The van der Waals surface area contributed by atoms with Crippen LogP contribution in [-0.2, 0) is 4.74 Å². The predicted molar refractivity (Wildman–Crippen MR) is 99.5 cm³/mol. The summed E-state index contributed by atoms with van der Waals surface area (Å²) in [6.45, 7) is 9.07. The third-order valence-corrected chi connectivity index (χ3v) is 5.13. The summed E-state index contributed by atoms with van der Waals surface area (Å²) in [5.74, 6) is 0.464. The van der Waals surface area contributed by atoms with Gasteiger partial charge in [-0.05, 0) is 32.8 Å². The van der Waals surface area contributed by atoms with E-state index in [0.717, 1.165) is 62.4 Å². The molecule has 7 heteroatoms. The molecule has 1 amide bonds. The highest BCUT2D eigenvalue weighted by Gasteiger charge is 2.28. The van der Waals surface area contributed by atoms with Crippen LogP contribution >= 0.6 is 0 Å². The quantitative estimate of drug-likeness (QED) is 0.855. The highest BCUT2D eigenvalue weighted by Crippen LogP contribution is 2.40. The van der Waals surface area contributed by atoms with E-state index in [2.05, 4.69) is 29.2 Å². The lowest BCUT2D eigenvalue weighted by molar-refractivity contribution is 0.0383. The molecular weight excluding hydrogens is 330 g/mol. The molecule has 0 unspecified atom stereocenters. The van der Waals surface area contributed by atoms with Crippen LogP contribution in [0.15, 0.2) is 12.3 Å². The summed E-state index contributed by atoms with van der Waals surface area (Å²) in [7, 11) is 0. The monoisotopic (exact) mass is 357 g/mol. The zero-order chi connectivity index (χ0) is 18.1. The van der Waals surface area contributed by atoms with Gasteiger partial charge in [0.05, 0.1) is 30.4 Å². The normalized spacial score (nSPS) is 18.6. The first-order valence-corrected chi connectivity index (χ1v) is 9.60. The molecule has 26 heavy (non-hydrogen) atoms. The van der Waals surface area contributed by atoms with Crippen LogP contribution in [-0.4, -0.2) is 65.0 Å². The fourth-order valence-corrected chi connectivity index (χ4v) is 3.44. The van der Waals surface area contributed by atoms with Crippen molar-refractivity contribution < 1.29 is 9.53 Å². The fourth-order valence-electron chi connectivity index (χ4n) is 3.44. The number of amides is 1. The van der Waals surface area contributed by atoms with Gasteiger partial charge in [-0.2, -0.15) is 5.10 Å². The molecule has 2 aliphatic rings. The van der Waals surface area contributed by atoms with Crippen LogP contribution in [0.3, 0.4) is 0 Å². The minimum absolute atomic E-state index is 0.0316. The van der Waals surface area contributed by atoms with Gasteiger partial charge in [0.15, 0.2) is 5.65 Å². The molecule has 0 aromatic carbocycles. The fraction of sp³-hybridized carbons (Fsp3) is 0.632. The molecule has 0 atom stereocenters. The number of carbonyl (C=O) groups excluding carboxylic acids is 1. The Morgan fingerprint density at radius 3 is 2.81 bits per heavy atom. The summed E-state index contributed by atoms with van der Waals surface area (Å²) in [6, 6.07) is 2.18. The smallest absolute Gasteiger partial charge is 0.252 e. The number of pyridine rings is 1. The van der Waals surface area contributed by atoms with Crippen molar-refractivity contribution in [2.45, 2.75) is 38.6 Å². The molecule has 0 spiro atoms. The topological polar surface area (TPSA) is 72.3 Å². The third kappa shape index (κ3) is 3.59. The molecule has 1 aliphatic heterocycles. The molecule has 2 aromatic rings. The Bertz CT molecular complexity index is 791. The van der Waals surface area contributed by atoms with Crippen LogP contribution in [0.5, 0.6) is 0 Å². The lowest BCUT2D eigenvalue weighted by Gasteiger charge is -2.26. The lowest BCUT2D eigenvalue weighted by atomic mass is 10.1. The van der Waals surface area contributed by atoms with Crippen LogP contribution in [0.1, 0.15) is 54.7 Å². The molecule has 1 N–H and O–H groups in total. The van der Waals surface area contributed by atoms with Crippen molar-refractivity contribution in [1.29, 1.82) is 0 Å². The van der Waals surface area contributed by atoms with E-state index in [1.54, 1.807) is 6.20 Å². The van der Waals surface area contributed by atoms with Crippen LogP contribution < -0.4 is 5.32 Å². The summed E-state index contributed by atoms with van der Waals surface area (Å²) in [6.07, 6.45) is 4.09. The average molecular weight is 357 g/mol. The molecular formula is C19H27N5O2. The maximum atomic E-state index is 12.9. The second kappa shape index (κ2) is 7.32. The van der Waals surface area contributed by atoms with Gasteiger partial charge in [-0.3, -0.25) is 9.69 Å². The van der Waals surface area contributed by atoms with Gasteiger partial charge in [-0.1, -0.05) is 0 Å². The zero-order valence-electron chi connectivity index (χ0n) is 15.6. The average Bonchev–Trinajstić information content (AvgIpc) is 3.40. The molecule has 1 aliphatic carbocycles. The Morgan fingerprint density at radius 2 is 2.12 bits per heavy atom. The number of nitrogens with one attached hydrogen (secondary N) is 1. The molecule has 1 saturated heterocycles. The second-order valence-electron chi connectivity index (χ2n) is 7.50. The Morgan fingerprint density at radius 1 is 1.35 bits per heavy atom. The van der Waals surface area contributed by atoms with Crippen LogP contribution in [0.2, 0.25) is 0 Å². The summed E-state index contributed by atoms with van der Waals surface area (Å²) in [5, 5.41) is 8.38. The largest absolute Gasteiger partial charge is 0.379 e. The van der Waals surface area contributed by atoms with E-state index in [1.807, 2.05) is 10.7 Å². The van der Waals surface area contributed by atoms with E-state index in [4.69, 9.17) is 9.72 Å². The Hall–Kier alpha value is -1.99. The van der Waals surface area contributed by atoms with Gasteiger partial charge in [0.1, 0.15) is 0 Å². The predicted octanol–water partition coefficient (Wildman–Crippen LogP) is 1.95. The number of nitrogens with zero attached hydrogens (tertiary/aromatic N) is 4. The van der Waals surface area contributed by atoms with Crippen molar-refractivity contribution in [3.8, 4) is 0 Å². The maximum Gasteiger partial charge on any atom is 0.252 e. The Balaban J connectivity index is 1.53. The van der Waals surface area contributed by atoms with Crippen LogP contribution in [0, 0.1) is 0 Å².